The fraction of sp³-hybridized carbons (Fsp3) is 0.267. The van der Waals surface area contributed by atoms with Gasteiger partial charge in [0.05, 0.1) is 5.52 Å². The first-order valence-electron chi connectivity index (χ1n) is 5.86. The average Bonchev–Trinajstić information content (AvgIpc) is 2.36. The molecule has 1 aromatic heterocycles. The van der Waals surface area contributed by atoms with E-state index in [1.54, 1.807) is 0 Å². The molecule has 0 atom stereocenters. The van der Waals surface area contributed by atoms with E-state index in [-0.39, 0.29) is 0 Å². The molecule has 1 nitrogen and oxygen atoms in total. The number of aromatic nitrogens is 1. The largest absolute Gasteiger partial charge is 0.253 e. The van der Waals surface area contributed by atoms with Gasteiger partial charge in [-0.15, -0.1) is 0 Å². The maximum Gasteiger partial charge on any atom is 0.0705 e. The lowest BCUT2D eigenvalue weighted by molar-refractivity contribution is 1.04. The first kappa shape index (κ1) is 12.3. The quantitative estimate of drug-likeness (QED) is 0.596. The van der Waals surface area contributed by atoms with E-state index < -0.39 is 0 Å². The molecule has 0 fully saturated rings. The van der Waals surface area contributed by atoms with E-state index in [1.807, 2.05) is 12.1 Å². The number of nitrogens with zero attached hydrogens (tertiary/aromatic N) is 1. The minimum absolute atomic E-state index is 0.942. The molecule has 1 aromatic carbocycles. The maximum atomic E-state index is 4.67. The van der Waals surface area contributed by atoms with Crippen molar-refractivity contribution in [3.8, 4) is 0 Å². The van der Waals surface area contributed by atoms with Gasteiger partial charge in [-0.25, -0.2) is 0 Å². The Balaban J connectivity index is 2.19. The average molecular weight is 290 g/mol. The fourth-order valence-electron chi connectivity index (χ4n) is 1.87. The highest BCUT2D eigenvalue weighted by Gasteiger charge is 1.98. The molecule has 0 saturated heterocycles. The van der Waals surface area contributed by atoms with Gasteiger partial charge >= 0.3 is 0 Å². The number of benzene rings is 1. The summed E-state index contributed by atoms with van der Waals surface area (Å²) in [6, 6.07) is 12.5. The lowest BCUT2D eigenvalue weighted by Crippen LogP contribution is -1.92. The minimum Gasteiger partial charge on any atom is -0.253 e. The van der Waals surface area contributed by atoms with Gasteiger partial charge in [-0.1, -0.05) is 51.8 Å². The topological polar surface area (TPSA) is 12.9 Å². The van der Waals surface area contributed by atoms with Crippen LogP contribution in [0.2, 0.25) is 0 Å². The van der Waals surface area contributed by atoms with Crippen LogP contribution < -0.4 is 0 Å². The SMILES string of the molecule is CC(=CCCBr)Cc1ccc2ccccc2n1. The van der Waals surface area contributed by atoms with Crippen LogP contribution >= 0.6 is 15.9 Å². The summed E-state index contributed by atoms with van der Waals surface area (Å²) in [5.41, 5.74) is 3.61. The Kier molecular flexibility index (Phi) is 4.32. The summed E-state index contributed by atoms with van der Waals surface area (Å²) in [6.07, 6.45) is 4.29. The predicted molar refractivity (Wildman–Crippen MR) is 77.6 cm³/mol. The molecule has 0 N–H and O–H groups in total. The van der Waals surface area contributed by atoms with Gasteiger partial charge in [0.2, 0.25) is 0 Å². The van der Waals surface area contributed by atoms with Crippen LogP contribution in [0.3, 0.4) is 0 Å². The van der Waals surface area contributed by atoms with E-state index in [2.05, 4.69) is 58.2 Å². The van der Waals surface area contributed by atoms with Crippen molar-refractivity contribution in [3.63, 3.8) is 0 Å². The van der Waals surface area contributed by atoms with E-state index in [9.17, 15) is 0 Å². The van der Waals surface area contributed by atoms with Crippen molar-refractivity contribution < 1.29 is 0 Å². The third-order valence-electron chi connectivity index (χ3n) is 2.72. The Morgan fingerprint density at radius 3 is 2.88 bits per heavy atom. The lowest BCUT2D eigenvalue weighted by Gasteiger charge is -2.03. The summed E-state index contributed by atoms with van der Waals surface area (Å²) in [5, 5.41) is 2.23. The Labute approximate surface area is 111 Å². The summed E-state index contributed by atoms with van der Waals surface area (Å²) in [6.45, 7) is 2.17. The fourth-order valence-corrected chi connectivity index (χ4v) is 2.09. The van der Waals surface area contributed by atoms with Crippen LogP contribution in [0.4, 0.5) is 0 Å². The molecule has 0 aliphatic heterocycles. The molecule has 0 radical (unpaired) electrons. The van der Waals surface area contributed by atoms with Gasteiger partial charge in [0.15, 0.2) is 0 Å². The molecule has 17 heavy (non-hydrogen) atoms. The standard InChI is InChI=1S/C15H16BrN/c1-12(5-4-10-16)11-14-9-8-13-6-2-3-7-15(13)17-14/h2-3,5-9H,4,10-11H2,1H3. The van der Waals surface area contributed by atoms with Crippen LogP contribution in [0.15, 0.2) is 48.0 Å². The van der Waals surface area contributed by atoms with Gasteiger partial charge in [0, 0.05) is 22.8 Å². The van der Waals surface area contributed by atoms with E-state index in [1.165, 1.54) is 11.0 Å². The molecule has 0 unspecified atom stereocenters. The lowest BCUT2D eigenvalue weighted by atomic mass is 10.1. The van der Waals surface area contributed by atoms with Crippen molar-refractivity contribution in [2.24, 2.45) is 0 Å². The van der Waals surface area contributed by atoms with Crippen LogP contribution in [0.1, 0.15) is 19.0 Å². The van der Waals surface area contributed by atoms with E-state index >= 15 is 0 Å². The number of allylic oxidation sites excluding steroid dienone is 2. The normalized spacial score (nSPS) is 12.0. The molecule has 0 saturated carbocycles. The predicted octanol–water partition coefficient (Wildman–Crippen LogP) is 4.51. The van der Waals surface area contributed by atoms with Gasteiger partial charge in [0.1, 0.15) is 0 Å². The summed E-state index contributed by atoms with van der Waals surface area (Å²) in [4.78, 5) is 4.67. The second kappa shape index (κ2) is 5.97. The number of fused-ring (bicyclic) bond motifs is 1. The third-order valence-corrected chi connectivity index (χ3v) is 3.18. The van der Waals surface area contributed by atoms with Crippen molar-refractivity contribution >= 4 is 26.8 Å². The number of hydrogen-bond acceptors (Lipinski definition) is 1. The molecule has 1 heterocycles. The number of rotatable bonds is 4. The molecular formula is C15H16BrN. The zero-order valence-corrected chi connectivity index (χ0v) is 11.6. The third kappa shape index (κ3) is 3.40. The van der Waals surface area contributed by atoms with Gasteiger partial charge in [0.25, 0.3) is 0 Å². The molecule has 0 amide bonds. The smallest absolute Gasteiger partial charge is 0.0705 e. The summed E-state index contributed by atoms with van der Waals surface area (Å²) in [7, 11) is 0. The van der Waals surface area contributed by atoms with Crippen LogP contribution in [0.25, 0.3) is 10.9 Å². The minimum atomic E-state index is 0.942. The number of alkyl halides is 1. The summed E-state index contributed by atoms with van der Waals surface area (Å²) < 4.78 is 0. The number of pyridine rings is 1. The molecule has 0 bridgehead atoms. The van der Waals surface area contributed by atoms with Crippen molar-refractivity contribution in [1.82, 2.24) is 4.98 Å². The van der Waals surface area contributed by atoms with Crippen LogP contribution in [-0.4, -0.2) is 10.3 Å². The van der Waals surface area contributed by atoms with Gasteiger partial charge < -0.3 is 0 Å². The first-order valence-corrected chi connectivity index (χ1v) is 6.98. The molecule has 2 aromatic rings. The second-order valence-electron chi connectivity index (χ2n) is 4.20. The first-order chi connectivity index (χ1) is 8.29. The summed E-state index contributed by atoms with van der Waals surface area (Å²) in [5.74, 6) is 0. The van der Waals surface area contributed by atoms with E-state index in [4.69, 9.17) is 0 Å². The molecule has 2 rings (SSSR count). The highest BCUT2D eigenvalue weighted by atomic mass is 79.9. The molecule has 2 heteroatoms. The Bertz CT molecular complexity index is 531. The van der Waals surface area contributed by atoms with Gasteiger partial charge in [-0.3, -0.25) is 4.98 Å². The summed E-state index contributed by atoms with van der Waals surface area (Å²) >= 11 is 3.44. The monoisotopic (exact) mass is 289 g/mol. The molecular weight excluding hydrogens is 274 g/mol. The molecule has 0 aliphatic rings. The molecule has 0 aliphatic carbocycles. The van der Waals surface area contributed by atoms with Crippen molar-refractivity contribution in [1.29, 1.82) is 0 Å². The van der Waals surface area contributed by atoms with Crippen molar-refractivity contribution in [3.05, 3.63) is 53.7 Å². The number of para-hydroxylation sites is 1. The molecule has 88 valence electrons. The Morgan fingerprint density at radius 2 is 2.06 bits per heavy atom. The van der Waals surface area contributed by atoms with Crippen molar-refractivity contribution in [2.75, 3.05) is 5.33 Å². The number of hydrogen-bond donors (Lipinski definition) is 0. The Morgan fingerprint density at radius 1 is 1.24 bits per heavy atom. The second-order valence-corrected chi connectivity index (χ2v) is 4.99. The maximum absolute atomic E-state index is 4.67. The zero-order valence-electron chi connectivity index (χ0n) is 9.99. The van der Waals surface area contributed by atoms with Gasteiger partial charge in [-0.05, 0) is 25.5 Å². The Hall–Kier alpha value is -1.15. The van der Waals surface area contributed by atoms with E-state index in [0.29, 0.717) is 0 Å². The zero-order chi connectivity index (χ0) is 12.1. The van der Waals surface area contributed by atoms with Gasteiger partial charge in [-0.2, -0.15) is 0 Å². The molecule has 0 spiro atoms. The van der Waals surface area contributed by atoms with Crippen molar-refractivity contribution in [2.45, 2.75) is 19.8 Å². The number of halogens is 1. The van der Waals surface area contributed by atoms with Crippen LogP contribution in [0.5, 0.6) is 0 Å². The van der Waals surface area contributed by atoms with E-state index in [0.717, 1.165) is 29.4 Å². The van der Waals surface area contributed by atoms with Crippen LogP contribution in [-0.2, 0) is 6.42 Å². The highest BCUT2D eigenvalue weighted by Crippen LogP contribution is 2.14. The van der Waals surface area contributed by atoms with Crippen LogP contribution in [0, 0.1) is 0 Å². The highest BCUT2D eigenvalue weighted by molar-refractivity contribution is 9.09.